The lowest BCUT2D eigenvalue weighted by atomic mass is 10.1. The molecule has 5 heteroatoms. The number of thiol groups is 1. The number of rotatable bonds is 5. The normalized spacial score (nSPS) is 11.7. The number of benzene rings is 1. The van der Waals surface area contributed by atoms with Crippen LogP contribution in [0.3, 0.4) is 0 Å². The fraction of sp³-hybridized carbons (Fsp3) is 0.385. The predicted octanol–water partition coefficient (Wildman–Crippen LogP) is 1.62. The monoisotopic (exact) mass is 266 g/mol. The first-order valence-electron chi connectivity index (χ1n) is 5.84. The first-order valence-corrected chi connectivity index (χ1v) is 6.47. The molecule has 0 aliphatic rings. The maximum atomic E-state index is 11.9. The Morgan fingerprint density at radius 1 is 1.28 bits per heavy atom. The molecular weight excluding hydrogens is 248 g/mol. The Balaban J connectivity index is 2.64. The van der Waals surface area contributed by atoms with E-state index in [-0.39, 0.29) is 17.6 Å². The zero-order valence-corrected chi connectivity index (χ0v) is 11.5. The van der Waals surface area contributed by atoms with Crippen molar-refractivity contribution in [2.45, 2.75) is 26.3 Å². The summed E-state index contributed by atoms with van der Waals surface area (Å²) in [5.74, 6) is -0.242. The van der Waals surface area contributed by atoms with E-state index < -0.39 is 6.04 Å². The van der Waals surface area contributed by atoms with E-state index in [4.69, 9.17) is 0 Å². The van der Waals surface area contributed by atoms with Gasteiger partial charge in [0.1, 0.15) is 6.04 Å². The van der Waals surface area contributed by atoms with Crippen LogP contribution in [0.4, 0.5) is 5.69 Å². The molecule has 1 aromatic rings. The molecule has 0 radical (unpaired) electrons. The minimum atomic E-state index is -0.614. The van der Waals surface area contributed by atoms with E-state index in [1.54, 1.807) is 0 Å². The second-order valence-corrected chi connectivity index (χ2v) is 4.34. The molecule has 4 nitrogen and oxygen atoms in total. The molecule has 0 heterocycles. The number of amides is 2. The van der Waals surface area contributed by atoms with Crippen molar-refractivity contribution >= 4 is 30.1 Å². The van der Waals surface area contributed by atoms with Crippen molar-refractivity contribution in [2.75, 3.05) is 11.1 Å². The van der Waals surface area contributed by atoms with E-state index in [2.05, 4.69) is 30.2 Å². The average molecular weight is 266 g/mol. The van der Waals surface area contributed by atoms with Crippen LogP contribution in [0.1, 0.15) is 19.4 Å². The first kappa shape index (κ1) is 14.6. The SMILES string of the molecule is CCc1ccc(NC(=O)C(CS)NC(C)=O)cc1. The Bertz CT molecular complexity index is 418. The van der Waals surface area contributed by atoms with Gasteiger partial charge in [0.15, 0.2) is 0 Å². The number of hydrogen-bond acceptors (Lipinski definition) is 3. The smallest absolute Gasteiger partial charge is 0.247 e. The van der Waals surface area contributed by atoms with Crippen LogP contribution in [0.15, 0.2) is 24.3 Å². The molecular formula is C13H18N2O2S. The fourth-order valence-electron chi connectivity index (χ4n) is 1.49. The summed E-state index contributed by atoms with van der Waals surface area (Å²) in [5, 5.41) is 5.29. The Labute approximate surface area is 113 Å². The third kappa shape index (κ3) is 4.41. The largest absolute Gasteiger partial charge is 0.344 e. The zero-order valence-electron chi connectivity index (χ0n) is 10.6. The second-order valence-electron chi connectivity index (χ2n) is 3.98. The highest BCUT2D eigenvalue weighted by Crippen LogP contribution is 2.10. The van der Waals surface area contributed by atoms with Crippen molar-refractivity contribution in [1.82, 2.24) is 5.32 Å². The summed E-state index contributed by atoms with van der Waals surface area (Å²) < 4.78 is 0. The van der Waals surface area contributed by atoms with E-state index >= 15 is 0 Å². The van der Waals surface area contributed by atoms with Crippen LogP contribution in [0.25, 0.3) is 0 Å². The summed E-state index contributed by atoms with van der Waals surface area (Å²) in [4.78, 5) is 22.8. The lowest BCUT2D eigenvalue weighted by Crippen LogP contribution is -2.44. The Morgan fingerprint density at radius 3 is 2.33 bits per heavy atom. The summed E-state index contributed by atoms with van der Waals surface area (Å²) in [6, 6.07) is 7.00. The van der Waals surface area contributed by atoms with E-state index in [0.717, 1.165) is 6.42 Å². The van der Waals surface area contributed by atoms with Gasteiger partial charge in [-0.2, -0.15) is 12.6 Å². The van der Waals surface area contributed by atoms with Crippen LogP contribution in [-0.4, -0.2) is 23.6 Å². The van der Waals surface area contributed by atoms with Gasteiger partial charge in [-0.1, -0.05) is 19.1 Å². The Hall–Kier alpha value is -1.49. The molecule has 2 amide bonds. The highest BCUT2D eigenvalue weighted by Gasteiger charge is 2.17. The second kappa shape index (κ2) is 7.06. The number of nitrogens with one attached hydrogen (secondary N) is 2. The number of aryl methyl sites for hydroxylation is 1. The molecule has 1 unspecified atom stereocenters. The van der Waals surface area contributed by atoms with Crippen molar-refractivity contribution < 1.29 is 9.59 Å². The summed E-state index contributed by atoms with van der Waals surface area (Å²) in [5.41, 5.74) is 1.93. The molecule has 0 spiro atoms. The molecule has 1 rings (SSSR count). The molecule has 98 valence electrons. The third-order valence-corrected chi connectivity index (χ3v) is 2.87. The molecule has 18 heavy (non-hydrogen) atoms. The highest BCUT2D eigenvalue weighted by molar-refractivity contribution is 7.80. The topological polar surface area (TPSA) is 58.2 Å². The fourth-order valence-corrected chi connectivity index (χ4v) is 1.75. The average Bonchev–Trinajstić information content (AvgIpc) is 2.36. The van der Waals surface area contributed by atoms with Gasteiger partial charge in [-0.05, 0) is 24.1 Å². The molecule has 2 N–H and O–H groups in total. The Kier molecular flexibility index (Phi) is 5.71. The van der Waals surface area contributed by atoms with Crippen LogP contribution in [-0.2, 0) is 16.0 Å². The zero-order chi connectivity index (χ0) is 13.5. The van der Waals surface area contributed by atoms with Crippen molar-refractivity contribution in [3.8, 4) is 0 Å². The maximum absolute atomic E-state index is 11.9. The molecule has 0 saturated heterocycles. The van der Waals surface area contributed by atoms with Crippen molar-refractivity contribution in [3.63, 3.8) is 0 Å². The highest BCUT2D eigenvalue weighted by atomic mass is 32.1. The van der Waals surface area contributed by atoms with Gasteiger partial charge < -0.3 is 10.6 Å². The Morgan fingerprint density at radius 2 is 1.89 bits per heavy atom. The summed E-state index contributed by atoms with van der Waals surface area (Å²) in [6.07, 6.45) is 0.958. The summed E-state index contributed by atoms with van der Waals surface area (Å²) in [6.45, 7) is 3.45. The summed E-state index contributed by atoms with van der Waals surface area (Å²) >= 11 is 4.05. The van der Waals surface area contributed by atoms with Gasteiger partial charge in [-0.25, -0.2) is 0 Å². The predicted molar refractivity (Wildman–Crippen MR) is 75.9 cm³/mol. The van der Waals surface area contributed by atoms with Gasteiger partial charge in [0.2, 0.25) is 11.8 Å². The summed E-state index contributed by atoms with van der Waals surface area (Å²) in [7, 11) is 0. The maximum Gasteiger partial charge on any atom is 0.247 e. The van der Waals surface area contributed by atoms with Crippen LogP contribution >= 0.6 is 12.6 Å². The third-order valence-electron chi connectivity index (χ3n) is 2.51. The minimum absolute atomic E-state index is 0.245. The van der Waals surface area contributed by atoms with Crippen LogP contribution < -0.4 is 10.6 Å². The van der Waals surface area contributed by atoms with Gasteiger partial charge in [-0.15, -0.1) is 0 Å². The molecule has 1 atom stereocenters. The van der Waals surface area contributed by atoms with Gasteiger partial charge in [0.25, 0.3) is 0 Å². The number of anilines is 1. The van der Waals surface area contributed by atoms with E-state index in [1.165, 1.54) is 12.5 Å². The lowest BCUT2D eigenvalue weighted by Gasteiger charge is -2.15. The van der Waals surface area contributed by atoms with Crippen molar-refractivity contribution in [3.05, 3.63) is 29.8 Å². The van der Waals surface area contributed by atoms with Crippen molar-refractivity contribution in [1.29, 1.82) is 0 Å². The number of hydrogen-bond donors (Lipinski definition) is 3. The van der Waals surface area contributed by atoms with Gasteiger partial charge in [-0.3, -0.25) is 9.59 Å². The molecule has 0 aromatic heterocycles. The van der Waals surface area contributed by atoms with Gasteiger partial charge in [0.05, 0.1) is 0 Å². The van der Waals surface area contributed by atoms with Gasteiger partial charge in [0, 0.05) is 18.4 Å². The van der Waals surface area contributed by atoms with Crippen LogP contribution in [0.5, 0.6) is 0 Å². The molecule has 0 aliphatic carbocycles. The van der Waals surface area contributed by atoms with Gasteiger partial charge >= 0.3 is 0 Å². The molecule has 0 aliphatic heterocycles. The lowest BCUT2D eigenvalue weighted by molar-refractivity contribution is -0.124. The van der Waals surface area contributed by atoms with E-state index in [1.807, 2.05) is 24.3 Å². The number of carbonyl (C=O) groups is 2. The molecule has 0 saturated carbocycles. The standard InChI is InChI=1S/C13H18N2O2S/c1-3-10-4-6-11(7-5-10)15-13(17)12(8-18)14-9(2)16/h4-7,12,18H,3,8H2,1-2H3,(H,14,16)(H,15,17). The van der Waals surface area contributed by atoms with Crippen LogP contribution in [0.2, 0.25) is 0 Å². The molecule has 0 fully saturated rings. The van der Waals surface area contributed by atoms with E-state index in [0.29, 0.717) is 5.69 Å². The molecule has 1 aromatic carbocycles. The molecule has 0 bridgehead atoms. The van der Waals surface area contributed by atoms with E-state index in [9.17, 15) is 9.59 Å². The quantitative estimate of drug-likeness (QED) is 0.709. The van der Waals surface area contributed by atoms with Crippen LogP contribution in [0, 0.1) is 0 Å². The first-order chi connectivity index (χ1) is 8.56. The van der Waals surface area contributed by atoms with Crippen molar-refractivity contribution in [2.24, 2.45) is 0 Å². The number of carbonyl (C=O) groups excluding carboxylic acids is 2. The minimum Gasteiger partial charge on any atom is -0.344 e.